The molecular weight excluding hydrogens is 261 g/mol. The second-order valence-electron chi connectivity index (χ2n) is 5.22. The number of aliphatic hydroxyl groups is 2. The fraction of sp³-hybridized carbons (Fsp3) is 0.533. The van der Waals surface area contributed by atoms with Gasteiger partial charge in [-0.05, 0) is 30.0 Å². The van der Waals surface area contributed by atoms with Crippen molar-refractivity contribution in [3.8, 4) is 0 Å². The summed E-state index contributed by atoms with van der Waals surface area (Å²) in [6.45, 7) is 4.16. The lowest BCUT2D eigenvalue weighted by molar-refractivity contribution is -0.123. The average molecular weight is 283 g/mol. The first-order valence-electron chi connectivity index (χ1n) is 6.78. The van der Waals surface area contributed by atoms with Crippen LogP contribution in [0.4, 0.5) is 4.39 Å². The summed E-state index contributed by atoms with van der Waals surface area (Å²) in [6, 6.07) is 5.55. The van der Waals surface area contributed by atoms with Crippen LogP contribution in [0.3, 0.4) is 0 Å². The Labute approximate surface area is 118 Å². The van der Waals surface area contributed by atoms with Crippen molar-refractivity contribution in [2.45, 2.75) is 38.9 Å². The van der Waals surface area contributed by atoms with Crippen LogP contribution < -0.4 is 5.32 Å². The highest BCUT2D eigenvalue weighted by atomic mass is 19.1. The van der Waals surface area contributed by atoms with Gasteiger partial charge in [0.2, 0.25) is 5.91 Å². The van der Waals surface area contributed by atoms with E-state index in [1.165, 1.54) is 18.2 Å². The van der Waals surface area contributed by atoms with Crippen LogP contribution in [-0.2, 0) is 4.79 Å². The van der Waals surface area contributed by atoms with Crippen molar-refractivity contribution in [3.05, 3.63) is 35.6 Å². The van der Waals surface area contributed by atoms with E-state index in [0.717, 1.165) is 0 Å². The van der Waals surface area contributed by atoms with Gasteiger partial charge < -0.3 is 15.5 Å². The van der Waals surface area contributed by atoms with Crippen molar-refractivity contribution in [2.24, 2.45) is 5.92 Å². The van der Waals surface area contributed by atoms with E-state index >= 15 is 0 Å². The fourth-order valence-corrected chi connectivity index (χ4v) is 1.77. The summed E-state index contributed by atoms with van der Waals surface area (Å²) in [5, 5.41) is 22.1. The van der Waals surface area contributed by atoms with Crippen molar-refractivity contribution in [2.75, 3.05) is 6.54 Å². The summed E-state index contributed by atoms with van der Waals surface area (Å²) in [6.07, 6.45) is -1.13. The SMILES string of the molecule is CC(C)C(O)CCNC(=O)CC(O)c1cccc(F)c1. The maximum absolute atomic E-state index is 13.0. The number of benzene rings is 1. The van der Waals surface area contributed by atoms with Crippen LogP contribution in [0.5, 0.6) is 0 Å². The number of halogens is 1. The molecule has 0 aliphatic carbocycles. The minimum absolute atomic E-state index is 0.124. The first-order valence-corrected chi connectivity index (χ1v) is 6.78. The molecule has 5 heteroatoms. The number of rotatable bonds is 7. The third kappa shape index (κ3) is 5.67. The van der Waals surface area contributed by atoms with Gasteiger partial charge in [0.15, 0.2) is 0 Å². The molecule has 1 aromatic carbocycles. The van der Waals surface area contributed by atoms with Crippen molar-refractivity contribution < 1.29 is 19.4 Å². The molecule has 2 unspecified atom stereocenters. The van der Waals surface area contributed by atoms with Crippen LogP contribution in [-0.4, -0.2) is 28.8 Å². The second-order valence-corrected chi connectivity index (χ2v) is 5.22. The Morgan fingerprint density at radius 3 is 2.65 bits per heavy atom. The Morgan fingerprint density at radius 1 is 1.35 bits per heavy atom. The highest BCUT2D eigenvalue weighted by Crippen LogP contribution is 2.17. The molecule has 0 saturated heterocycles. The van der Waals surface area contributed by atoms with Gasteiger partial charge in [0.1, 0.15) is 5.82 Å². The molecule has 1 rings (SSSR count). The number of hydrogen-bond donors (Lipinski definition) is 3. The molecule has 3 N–H and O–H groups in total. The predicted octanol–water partition coefficient (Wildman–Crippen LogP) is 1.77. The highest BCUT2D eigenvalue weighted by molar-refractivity contribution is 5.76. The summed E-state index contributed by atoms with van der Waals surface area (Å²) < 4.78 is 13.0. The Hall–Kier alpha value is -1.46. The topological polar surface area (TPSA) is 69.6 Å². The number of hydrogen-bond acceptors (Lipinski definition) is 3. The van der Waals surface area contributed by atoms with Gasteiger partial charge >= 0.3 is 0 Å². The Bertz CT molecular complexity index is 437. The molecule has 0 aliphatic rings. The Kier molecular flexibility index (Phi) is 6.61. The molecule has 0 aromatic heterocycles. The Morgan fingerprint density at radius 2 is 2.05 bits per heavy atom. The van der Waals surface area contributed by atoms with Crippen molar-refractivity contribution >= 4 is 5.91 Å². The molecule has 0 bridgehead atoms. The molecule has 0 heterocycles. The molecule has 4 nitrogen and oxygen atoms in total. The van der Waals surface area contributed by atoms with Crippen molar-refractivity contribution in [1.82, 2.24) is 5.32 Å². The molecule has 0 radical (unpaired) electrons. The second kappa shape index (κ2) is 7.97. The summed E-state index contributed by atoms with van der Waals surface area (Å²) >= 11 is 0. The van der Waals surface area contributed by atoms with E-state index in [1.54, 1.807) is 6.07 Å². The average Bonchev–Trinajstić information content (AvgIpc) is 2.38. The molecule has 20 heavy (non-hydrogen) atoms. The standard InChI is InChI=1S/C15H22FNO3/c1-10(2)13(18)6-7-17-15(20)9-14(19)11-4-3-5-12(16)8-11/h3-5,8,10,13-14,18-19H,6-7,9H2,1-2H3,(H,17,20). The molecule has 0 fully saturated rings. The lowest BCUT2D eigenvalue weighted by Crippen LogP contribution is -2.29. The first kappa shape index (κ1) is 16.6. The number of amides is 1. The van der Waals surface area contributed by atoms with E-state index in [-0.39, 0.29) is 18.2 Å². The zero-order chi connectivity index (χ0) is 15.1. The molecule has 0 saturated carbocycles. The lowest BCUT2D eigenvalue weighted by Gasteiger charge is -2.15. The van der Waals surface area contributed by atoms with Crippen LogP contribution in [0.25, 0.3) is 0 Å². The van der Waals surface area contributed by atoms with E-state index in [0.29, 0.717) is 18.5 Å². The zero-order valence-electron chi connectivity index (χ0n) is 11.8. The highest BCUT2D eigenvalue weighted by Gasteiger charge is 2.14. The van der Waals surface area contributed by atoms with E-state index in [2.05, 4.69) is 5.32 Å². The van der Waals surface area contributed by atoms with Crippen LogP contribution >= 0.6 is 0 Å². The largest absolute Gasteiger partial charge is 0.393 e. The van der Waals surface area contributed by atoms with Gasteiger partial charge in [-0.3, -0.25) is 4.79 Å². The number of carbonyl (C=O) groups excluding carboxylic acids is 1. The number of aliphatic hydroxyl groups excluding tert-OH is 2. The maximum atomic E-state index is 13.0. The molecule has 1 amide bonds. The smallest absolute Gasteiger partial charge is 0.222 e. The molecule has 112 valence electrons. The van der Waals surface area contributed by atoms with E-state index < -0.39 is 18.0 Å². The van der Waals surface area contributed by atoms with Gasteiger partial charge in [0.05, 0.1) is 18.6 Å². The lowest BCUT2D eigenvalue weighted by atomic mass is 10.0. The third-order valence-electron chi connectivity index (χ3n) is 3.14. The normalized spacial score (nSPS) is 14.1. The van der Waals surface area contributed by atoms with E-state index in [1.807, 2.05) is 13.8 Å². The van der Waals surface area contributed by atoms with Crippen LogP contribution in [0.1, 0.15) is 38.4 Å². The zero-order valence-corrected chi connectivity index (χ0v) is 11.8. The monoisotopic (exact) mass is 283 g/mol. The molecular formula is C15H22FNO3. The van der Waals surface area contributed by atoms with Crippen molar-refractivity contribution in [3.63, 3.8) is 0 Å². The molecule has 0 spiro atoms. The number of nitrogens with one attached hydrogen (secondary N) is 1. The van der Waals surface area contributed by atoms with Crippen molar-refractivity contribution in [1.29, 1.82) is 0 Å². The van der Waals surface area contributed by atoms with Crippen LogP contribution in [0.2, 0.25) is 0 Å². The van der Waals surface area contributed by atoms with E-state index in [9.17, 15) is 19.4 Å². The molecule has 2 atom stereocenters. The third-order valence-corrected chi connectivity index (χ3v) is 3.14. The summed E-state index contributed by atoms with van der Waals surface area (Å²) in [5.74, 6) is -0.621. The first-order chi connectivity index (χ1) is 9.40. The van der Waals surface area contributed by atoms with Crippen LogP contribution in [0.15, 0.2) is 24.3 Å². The quantitative estimate of drug-likeness (QED) is 0.714. The predicted molar refractivity (Wildman–Crippen MR) is 74.4 cm³/mol. The van der Waals surface area contributed by atoms with Gasteiger partial charge in [-0.15, -0.1) is 0 Å². The van der Waals surface area contributed by atoms with Crippen LogP contribution in [0, 0.1) is 11.7 Å². The number of carbonyl (C=O) groups is 1. The minimum Gasteiger partial charge on any atom is -0.393 e. The summed E-state index contributed by atoms with van der Waals surface area (Å²) in [7, 11) is 0. The van der Waals surface area contributed by atoms with Gasteiger partial charge in [0, 0.05) is 6.54 Å². The maximum Gasteiger partial charge on any atom is 0.222 e. The summed E-state index contributed by atoms with van der Waals surface area (Å²) in [5.41, 5.74) is 0.377. The van der Waals surface area contributed by atoms with E-state index in [4.69, 9.17) is 0 Å². The van der Waals surface area contributed by atoms with Gasteiger partial charge in [-0.25, -0.2) is 4.39 Å². The van der Waals surface area contributed by atoms with Gasteiger partial charge in [-0.2, -0.15) is 0 Å². The Balaban J connectivity index is 2.35. The fourth-order valence-electron chi connectivity index (χ4n) is 1.77. The molecule has 1 aromatic rings. The van der Waals surface area contributed by atoms with Gasteiger partial charge in [-0.1, -0.05) is 26.0 Å². The van der Waals surface area contributed by atoms with Gasteiger partial charge in [0.25, 0.3) is 0 Å². The molecule has 0 aliphatic heterocycles. The summed E-state index contributed by atoms with van der Waals surface area (Å²) in [4.78, 5) is 11.6. The minimum atomic E-state index is -1.03.